The van der Waals surface area contributed by atoms with Crippen molar-refractivity contribution in [3.63, 3.8) is 0 Å². The lowest BCUT2D eigenvalue weighted by atomic mass is 10.1. The van der Waals surface area contributed by atoms with Crippen LogP contribution in [0.5, 0.6) is 5.75 Å². The summed E-state index contributed by atoms with van der Waals surface area (Å²) in [5.41, 5.74) is 4.32. The number of amides is 2. The number of ether oxygens (including phenoxy) is 1. The molecule has 0 aliphatic carbocycles. The topological polar surface area (TPSA) is 58.6 Å². The molecule has 2 aromatic carbocycles. The lowest BCUT2D eigenvalue weighted by molar-refractivity contribution is -0.118. The Balaban J connectivity index is 1.63. The molecule has 0 unspecified atom stereocenters. The fourth-order valence-electron chi connectivity index (χ4n) is 3.40. The van der Waals surface area contributed by atoms with E-state index in [4.69, 9.17) is 16.3 Å². The van der Waals surface area contributed by atoms with Crippen LogP contribution < -0.4 is 15.0 Å². The molecule has 0 saturated carbocycles. The zero-order valence-corrected chi connectivity index (χ0v) is 16.5. The zero-order valence-electron chi connectivity index (χ0n) is 15.8. The molecule has 1 N–H and O–H groups in total. The van der Waals surface area contributed by atoms with Gasteiger partial charge in [0.05, 0.1) is 0 Å². The first-order valence-electron chi connectivity index (χ1n) is 8.95. The Morgan fingerprint density at radius 2 is 1.85 bits per heavy atom. The van der Waals surface area contributed by atoms with Crippen molar-refractivity contribution >= 4 is 34.8 Å². The van der Waals surface area contributed by atoms with E-state index in [2.05, 4.69) is 5.32 Å². The first-order valence-corrected chi connectivity index (χ1v) is 9.33. The molecular formula is C21H23ClN2O3. The molecule has 0 aromatic heterocycles. The molecule has 1 heterocycles. The van der Waals surface area contributed by atoms with Crippen LogP contribution in [-0.2, 0) is 9.59 Å². The number of benzene rings is 2. The molecule has 2 aromatic rings. The van der Waals surface area contributed by atoms with Crippen molar-refractivity contribution in [2.75, 3.05) is 23.4 Å². The predicted molar refractivity (Wildman–Crippen MR) is 108 cm³/mol. The van der Waals surface area contributed by atoms with Gasteiger partial charge in [0, 0.05) is 29.4 Å². The van der Waals surface area contributed by atoms with Gasteiger partial charge in [0.1, 0.15) is 5.75 Å². The number of carbonyl (C=O) groups excluding carboxylic acids is 2. The van der Waals surface area contributed by atoms with Crippen molar-refractivity contribution < 1.29 is 14.3 Å². The van der Waals surface area contributed by atoms with E-state index >= 15 is 0 Å². The minimum atomic E-state index is -0.242. The molecule has 0 bridgehead atoms. The molecule has 0 atom stereocenters. The van der Waals surface area contributed by atoms with E-state index in [9.17, 15) is 9.59 Å². The van der Waals surface area contributed by atoms with Crippen LogP contribution >= 0.6 is 11.6 Å². The number of halogens is 1. The van der Waals surface area contributed by atoms with Gasteiger partial charge in [-0.05, 0) is 74.2 Å². The van der Waals surface area contributed by atoms with Crippen LogP contribution in [0.15, 0.2) is 30.3 Å². The lowest BCUT2D eigenvalue weighted by Crippen LogP contribution is -2.25. The molecule has 2 amide bonds. The number of nitrogens with one attached hydrogen (secondary N) is 1. The fraction of sp³-hybridized carbons (Fsp3) is 0.333. The minimum Gasteiger partial charge on any atom is -0.483 e. The van der Waals surface area contributed by atoms with Crippen LogP contribution in [0.4, 0.5) is 11.4 Å². The van der Waals surface area contributed by atoms with Gasteiger partial charge < -0.3 is 15.0 Å². The number of anilines is 2. The highest BCUT2D eigenvalue weighted by Crippen LogP contribution is 2.28. The molecule has 1 saturated heterocycles. The smallest absolute Gasteiger partial charge is 0.262 e. The summed E-state index contributed by atoms with van der Waals surface area (Å²) >= 11 is 6.02. The van der Waals surface area contributed by atoms with Gasteiger partial charge in [0.2, 0.25) is 5.91 Å². The highest BCUT2D eigenvalue weighted by atomic mass is 35.5. The van der Waals surface area contributed by atoms with Crippen molar-refractivity contribution in [2.45, 2.75) is 33.6 Å². The van der Waals surface area contributed by atoms with Gasteiger partial charge in [-0.15, -0.1) is 0 Å². The van der Waals surface area contributed by atoms with E-state index in [1.54, 1.807) is 4.90 Å². The lowest BCUT2D eigenvalue weighted by Gasteiger charge is -2.19. The summed E-state index contributed by atoms with van der Waals surface area (Å²) in [7, 11) is 0. The number of hydrogen-bond donors (Lipinski definition) is 1. The molecule has 27 heavy (non-hydrogen) atoms. The van der Waals surface area contributed by atoms with Crippen LogP contribution in [0, 0.1) is 20.8 Å². The number of rotatable bonds is 5. The Bertz CT molecular complexity index is 872. The second-order valence-electron chi connectivity index (χ2n) is 6.86. The summed E-state index contributed by atoms with van der Waals surface area (Å²) in [5.74, 6) is 0.582. The van der Waals surface area contributed by atoms with Gasteiger partial charge in [0.25, 0.3) is 5.91 Å². The van der Waals surface area contributed by atoms with E-state index in [0.717, 1.165) is 35.3 Å². The normalized spacial score (nSPS) is 13.8. The molecule has 0 radical (unpaired) electrons. The van der Waals surface area contributed by atoms with Crippen LogP contribution in [0.2, 0.25) is 5.02 Å². The minimum absolute atomic E-state index is 0.0886. The van der Waals surface area contributed by atoms with Gasteiger partial charge in [-0.1, -0.05) is 11.6 Å². The van der Waals surface area contributed by atoms with Gasteiger partial charge in [-0.3, -0.25) is 9.59 Å². The second kappa shape index (κ2) is 8.01. The zero-order chi connectivity index (χ0) is 19.6. The van der Waals surface area contributed by atoms with Crippen LogP contribution in [-0.4, -0.2) is 25.0 Å². The average molecular weight is 387 g/mol. The van der Waals surface area contributed by atoms with Crippen molar-refractivity contribution in [1.82, 2.24) is 0 Å². The monoisotopic (exact) mass is 386 g/mol. The summed E-state index contributed by atoms with van der Waals surface area (Å²) in [6, 6.07) is 9.18. The van der Waals surface area contributed by atoms with E-state index in [1.165, 1.54) is 0 Å². The van der Waals surface area contributed by atoms with E-state index < -0.39 is 0 Å². The van der Waals surface area contributed by atoms with Gasteiger partial charge in [-0.25, -0.2) is 0 Å². The summed E-state index contributed by atoms with van der Waals surface area (Å²) in [5, 5.41) is 3.49. The summed E-state index contributed by atoms with van der Waals surface area (Å²) in [6.45, 7) is 6.39. The molecule has 142 valence electrons. The third kappa shape index (κ3) is 4.42. The average Bonchev–Trinajstić information content (AvgIpc) is 3.00. The van der Waals surface area contributed by atoms with Gasteiger partial charge in [0.15, 0.2) is 6.61 Å². The number of aryl methyl sites for hydroxylation is 3. The molecule has 5 nitrogen and oxygen atoms in total. The molecule has 1 aliphatic rings. The second-order valence-corrected chi connectivity index (χ2v) is 7.29. The predicted octanol–water partition coefficient (Wildman–Crippen LogP) is 4.41. The molecule has 0 spiro atoms. The third-order valence-electron chi connectivity index (χ3n) is 4.62. The SMILES string of the molecule is Cc1cc(NC(=O)COc2c(C)cc(Cl)cc2C)ccc1N1CCCC1=O. The maximum absolute atomic E-state index is 12.3. The van der Waals surface area contributed by atoms with Crippen LogP contribution in [0.3, 0.4) is 0 Å². The van der Waals surface area contributed by atoms with Crippen molar-refractivity contribution in [1.29, 1.82) is 0 Å². The van der Waals surface area contributed by atoms with Gasteiger partial charge >= 0.3 is 0 Å². The Labute approximate surface area is 164 Å². The maximum Gasteiger partial charge on any atom is 0.262 e. The van der Waals surface area contributed by atoms with Crippen molar-refractivity contribution in [3.8, 4) is 5.75 Å². The summed E-state index contributed by atoms with van der Waals surface area (Å²) in [4.78, 5) is 26.0. The number of carbonyl (C=O) groups is 2. The van der Waals surface area contributed by atoms with Crippen molar-refractivity contribution in [3.05, 3.63) is 52.0 Å². The van der Waals surface area contributed by atoms with E-state index in [1.807, 2.05) is 51.1 Å². The third-order valence-corrected chi connectivity index (χ3v) is 4.84. The largest absolute Gasteiger partial charge is 0.483 e. The Kier molecular flexibility index (Phi) is 5.71. The molecule has 6 heteroatoms. The standard InChI is InChI=1S/C21H23ClN2O3/c1-13-11-17(6-7-18(13)24-8-4-5-20(24)26)23-19(25)12-27-21-14(2)9-16(22)10-15(21)3/h6-7,9-11H,4-5,8,12H2,1-3H3,(H,23,25). The van der Waals surface area contributed by atoms with Crippen molar-refractivity contribution in [2.24, 2.45) is 0 Å². The molecule has 3 rings (SSSR count). The van der Waals surface area contributed by atoms with E-state index in [0.29, 0.717) is 22.9 Å². The fourth-order valence-corrected chi connectivity index (χ4v) is 3.73. The number of nitrogens with zero attached hydrogens (tertiary/aromatic N) is 1. The first-order chi connectivity index (χ1) is 12.8. The molecule has 1 aliphatic heterocycles. The Morgan fingerprint density at radius 3 is 2.44 bits per heavy atom. The maximum atomic E-state index is 12.3. The highest BCUT2D eigenvalue weighted by Gasteiger charge is 2.23. The van der Waals surface area contributed by atoms with E-state index in [-0.39, 0.29) is 18.4 Å². The molecule has 1 fully saturated rings. The first kappa shape index (κ1) is 19.2. The van der Waals surface area contributed by atoms with Crippen LogP contribution in [0.1, 0.15) is 29.5 Å². The summed E-state index contributed by atoms with van der Waals surface area (Å²) in [6.07, 6.45) is 1.48. The molecular weight excluding hydrogens is 364 g/mol. The highest BCUT2D eigenvalue weighted by molar-refractivity contribution is 6.30. The summed E-state index contributed by atoms with van der Waals surface area (Å²) < 4.78 is 5.68. The quantitative estimate of drug-likeness (QED) is 0.828. The van der Waals surface area contributed by atoms with Crippen LogP contribution in [0.25, 0.3) is 0 Å². The number of hydrogen-bond acceptors (Lipinski definition) is 3. The Morgan fingerprint density at radius 1 is 1.15 bits per heavy atom. The Hall–Kier alpha value is -2.53. The van der Waals surface area contributed by atoms with Gasteiger partial charge in [-0.2, -0.15) is 0 Å².